The molecule has 0 aliphatic heterocycles. The Labute approximate surface area is 168 Å². The Morgan fingerprint density at radius 3 is 1.85 bits per heavy atom. The van der Waals surface area contributed by atoms with Crippen molar-refractivity contribution in [2.75, 3.05) is 41.0 Å². The van der Waals surface area contributed by atoms with Crippen molar-refractivity contribution in [2.45, 2.75) is 83.6 Å². The van der Waals surface area contributed by atoms with E-state index in [0.717, 1.165) is 32.0 Å². The second kappa shape index (κ2) is 18.9. The molecule has 6 nitrogen and oxygen atoms in total. The quantitative estimate of drug-likeness (QED) is 0.238. The molecule has 7 heteroatoms. The molecule has 2 N–H and O–H groups in total. The molecule has 0 aliphatic rings. The van der Waals surface area contributed by atoms with Crippen LogP contribution in [0.3, 0.4) is 0 Å². The fourth-order valence-electron chi connectivity index (χ4n) is 3.09. The van der Waals surface area contributed by atoms with E-state index in [2.05, 4.69) is 17.6 Å². The lowest BCUT2D eigenvalue weighted by molar-refractivity contribution is -0.121. The van der Waals surface area contributed by atoms with Crippen LogP contribution < -0.4 is 10.6 Å². The third-order valence-electron chi connectivity index (χ3n) is 4.90. The summed E-state index contributed by atoms with van der Waals surface area (Å²) in [6.07, 6.45) is 13.1. The standard InChI is InChI=1S/C20H44N2O4Si/c1-5-6-7-8-9-10-11-12-13-15-20(23)22-18-17-21-16-14-19-27(24-2,25-3)26-4/h21H,5-19H2,1-4H3,(H,22,23). The number of hydrogen-bond donors (Lipinski definition) is 2. The van der Waals surface area contributed by atoms with Gasteiger partial charge in [0.15, 0.2) is 0 Å². The lowest BCUT2D eigenvalue weighted by Crippen LogP contribution is -2.43. The minimum absolute atomic E-state index is 0.171. The van der Waals surface area contributed by atoms with Gasteiger partial charge in [0.25, 0.3) is 0 Å². The molecule has 0 heterocycles. The number of rotatable bonds is 20. The number of nitrogens with one attached hydrogen (secondary N) is 2. The van der Waals surface area contributed by atoms with Crippen molar-refractivity contribution < 1.29 is 18.1 Å². The Morgan fingerprint density at radius 1 is 0.741 bits per heavy atom. The van der Waals surface area contributed by atoms with Crippen molar-refractivity contribution in [3.05, 3.63) is 0 Å². The maximum atomic E-state index is 11.8. The van der Waals surface area contributed by atoms with Gasteiger partial charge < -0.3 is 23.9 Å². The zero-order valence-electron chi connectivity index (χ0n) is 18.2. The van der Waals surface area contributed by atoms with Crippen LogP contribution in [0.2, 0.25) is 6.04 Å². The normalized spacial score (nSPS) is 11.7. The second-order valence-corrected chi connectivity index (χ2v) is 10.2. The predicted octanol–water partition coefficient (Wildman–Crippen LogP) is 3.88. The Hall–Kier alpha value is -0.473. The van der Waals surface area contributed by atoms with Gasteiger partial charge in [-0.25, -0.2) is 0 Å². The molecule has 0 rings (SSSR count). The lowest BCUT2D eigenvalue weighted by Gasteiger charge is -2.24. The molecule has 0 aliphatic carbocycles. The average molecular weight is 405 g/mol. The molecule has 0 aromatic carbocycles. The van der Waals surface area contributed by atoms with E-state index in [1.165, 1.54) is 51.4 Å². The summed E-state index contributed by atoms with van der Waals surface area (Å²) in [5.41, 5.74) is 0. The van der Waals surface area contributed by atoms with Crippen molar-refractivity contribution >= 4 is 14.7 Å². The first-order valence-electron chi connectivity index (χ1n) is 10.8. The molecule has 0 aromatic rings. The third-order valence-corrected chi connectivity index (χ3v) is 7.73. The maximum Gasteiger partial charge on any atom is 0.500 e. The molecule has 0 saturated carbocycles. The van der Waals surface area contributed by atoms with Gasteiger partial charge in [0.1, 0.15) is 0 Å². The van der Waals surface area contributed by atoms with Crippen molar-refractivity contribution in [1.82, 2.24) is 10.6 Å². The Morgan fingerprint density at radius 2 is 1.30 bits per heavy atom. The molecule has 27 heavy (non-hydrogen) atoms. The zero-order chi connectivity index (χ0) is 20.2. The number of carbonyl (C=O) groups is 1. The summed E-state index contributed by atoms with van der Waals surface area (Å²) in [4.78, 5) is 11.8. The van der Waals surface area contributed by atoms with Crippen LogP contribution in [0.1, 0.15) is 77.6 Å². The Bertz CT molecular complexity index is 334. The highest BCUT2D eigenvalue weighted by atomic mass is 28.4. The summed E-state index contributed by atoms with van der Waals surface area (Å²) in [5.74, 6) is 0.171. The summed E-state index contributed by atoms with van der Waals surface area (Å²) in [6, 6.07) is 0.786. The molecule has 0 aromatic heterocycles. The van der Waals surface area contributed by atoms with Crippen molar-refractivity contribution in [3.8, 4) is 0 Å². The van der Waals surface area contributed by atoms with Crippen LogP contribution >= 0.6 is 0 Å². The van der Waals surface area contributed by atoms with Gasteiger partial charge in [0.2, 0.25) is 5.91 Å². The van der Waals surface area contributed by atoms with Gasteiger partial charge in [-0.2, -0.15) is 0 Å². The first-order valence-corrected chi connectivity index (χ1v) is 12.7. The van der Waals surface area contributed by atoms with E-state index in [0.29, 0.717) is 13.0 Å². The molecule has 0 spiro atoms. The zero-order valence-corrected chi connectivity index (χ0v) is 19.2. The Kier molecular flexibility index (Phi) is 18.5. The first kappa shape index (κ1) is 26.5. The summed E-state index contributed by atoms with van der Waals surface area (Å²) in [6.45, 7) is 4.57. The molecule has 162 valence electrons. The van der Waals surface area contributed by atoms with Gasteiger partial charge in [0.05, 0.1) is 0 Å². The highest BCUT2D eigenvalue weighted by molar-refractivity contribution is 6.60. The highest BCUT2D eigenvalue weighted by Crippen LogP contribution is 2.14. The largest absolute Gasteiger partial charge is 0.500 e. The van der Waals surface area contributed by atoms with E-state index in [9.17, 15) is 4.79 Å². The minimum Gasteiger partial charge on any atom is -0.377 e. The van der Waals surface area contributed by atoms with Gasteiger partial charge in [-0.1, -0.05) is 58.3 Å². The number of hydrogen-bond acceptors (Lipinski definition) is 5. The summed E-state index contributed by atoms with van der Waals surface area (Å²) < 4.78 is 16.2. The van der Waals surface area contributed by atoms with Gasteiger partial charge in [-0.3, -0.25) is 4.79 Å². The number of unbranched alkanes of at least 4 members (excludes halogenated alkanes) is 8. The first-order chi connectivity index (χ1) is 13.1. The monoisotopic (exact) mass is 404 g/mol. The van der Waals surface area contributed by atoms with Gasteiger partial charge in [-0.15, -0.1) is 0 Å². The topological polar surface area (TPSA) is 68.8 Å². The third kappa shape index (κ3) is 15.2. The van der Waals surface area contributed by atoms with E-state index >= 15 is 0 Å². The lowest BCUT2D eigenvalue weighted by atomic mass is 10.1. The van der Waals surface area contributed by atoms with Gasteiger partial charge in [0, 0.05) is 46.9 Å². The molecule has 0 bridgehead atoms. The maximum absolute atomic E-state index is 11.8. The van der Waals surface area contributed by atoms with Crippen LogP contribution in [0.15, 0.2) is 0 Å². The van der Waals surface area contributed by atoms with Gasteiger partial charge in [-0.05, 0) is 19.4 Å². The van der Waals surface area contributed by atoms with E-state index in [1.54, 1.807) is 21.3 Å². The van der Waals surface area contributed by atoms with E-state index < -0.39 is 8.80 Å². The van der Waals surface area contributed by atoms with Crippen LogP contribution in [0, 0.1) is 0 Å². The summed E-state index contributed by atoms with van der Waals surface area (Å²) in [7, 11) is 2.46. The van der Waals surface area contributed by atoms with Crippen molar-refractivity contribution in [2.24, 2.45) is 0 Å². The number of carbonyl (C=O) groups excluding carboxylic acids is 1. The molecular weight excluding hydrogens is 360 g/mol. The van der Waals surface area contributed by atoms with E-state index in [4.69, 9.17) is 13.3 Å². The fraction of sp³-hybridized carbons (Fsp3) is 0.950. The predicted molar refractivity (Wildman–Crippen MR) is 114 cm³/mol. The second-order valence-electron chi connectivity index (χ2n) is 7.08. The SMILES string of the molecule is CCCCCCCCCCCC(=O)NCCNCCC[Si](OC)(OC)OC. The molecule has 0 unspecified atom stereocenters. The summed E-state index contributed by atoms with van der Waals surface area (Å²) >= 11 is 0. The number of amides is 1. The molecule has 1 amide bonds. The van der Waals surface area contributed by atoms with Crippen molar-refractivity contribution in [3.63, 3.8) is 0 Å². The minimum atomic E-state index is -2.45. The van der Waals surface area contributed by atoms with Crippen LogP contribution in [-0.2, 0) is 18.1 Å². The molecule has 0 saturated heterocycles. The van der Waals surface area contributed by atoms with Crippen LogP contribution in [0.4, 0.5) is 0 Å². The van der Waals surface area contributed by atoms with Gasteiger partial charge >= 0.3 is 8.80 Å². The van der Waals surface area contributed by atoms with Crippen LogP contribution in [0.5, 0.6) is 0 Å². The molecule has 0 fully saturated rings. The van der Waals surface area contributed by atoms with Crippen LogP contribution in [-0.4, -0.2) is 55.7 Å². The molecule has 0 radical (unpaired) electrons. The highest BCUT2D eigenvalue weighted by Gasteiger charge is 2.36. The van der Waals surface area contributed by atoms with E-state index in [1.807, 2.05) is 0 Å². The van der Waals surface area contributed by atoms with Crippen LogP contribution in [0.25, 0.3) is 0 Å². The fourth-order valence-corrected chi connectivity index (χ4v) is 4.81. The van der Waals surface area contributed by atoms with E-state index in [-0.39, 0.29) is 5.91 Å². The summed E-state index contributed by atoms with van der Waals surface area (Å²) in [5, 5.41) is 6.31. The molecular formula is C20H44N2O4Si. The molecule has 0 atom stereocenters. The average Bonchev–Trinajstić information content (AvgIpc) is 2.69. The Balaban J connectivity index is 3.39. The van der Waals surface area contributed by atoms with Crippen molar-refractivity contribution in [1.29, 1.82) is 0 Å². The smallest absolute Gasteiger partial charge is 0.377 e.